The van der Waals surface area contributed by atoms with E-state index < -0.39 is 0 Å². The Hall–Kier alpha value is -2.79. The van der Waals surface area contributed by atoms with Gasteiger partial charge in [0.05, 0.1) is 23.5 Å². The summed E-state index contributed by atoms with van der Waals surface area (Å²) in [4.78, 5) is 31.1. The highest BCUT2D eigenvalue weighted by Gasteiger charge is 2.51. The number of para-hydroxylation sites is 1. The number of aryl methyl sites for hydroxylation is 2. The summed E-state index contributed by atoms with van der Waals surface area (Å²) in [5, 5.41) is 16.2. The standard InChI is InChI=1S/C23H26ClN7O2S/c1-14-4-3-5-16(24)20(14)29-21(33)17-9-25-22(34-17)28-18-8-19(27-15(2)26-18)31-12-23(13-31)10-30(11-23)6-7-32/h3-5,8-9,32H,6-7,10-13H2,1-2H3,(H,29,33)(H,25,26,27,28). The summed E-state index contributed by atoms with van der Waals surface area (Å²) >= 11 is 7.47. The molecule has 5 rings (SSSR count). The number of aliphatic hydroxyl groups is 1. The Balaban J connectivity index is 1.23. The fraction of sp³-hybridized carbons (Fsp3) is 0.391. The van der Waals surface area contributed by atoms with E-state index in [0.29, 0.717) is 37.8 Å². The number of β-amino-alcohol motifs (C(OH)–C–C–N with tert-alkyl or cyclic N) is 1. The van der Waals surface area contributed by atoms with E-state index in [0.717, 1.165) is 44.1 Å². The molecule has 11 heteroatoms. The highest BCUT2D eigenvalue weighted by Crippen LogP contribution is 2.41. The number of nitrogens with zero attached hydrogens (tertiary/aromatic N) is 5. The third kappa shape index (κ3) is 4.58. The molecule has 4 heterocycles. The van der Waals surface area contributed by atoms with Crippen LogP contribution in [0.2, 0.25) is 5.02 Å². The van der Waals surface area contributed by atoms with Crippen LogP contribution in [0.5, 0.6) is 0 Å². The molecule has 2 saturated heterocycles. The maximum atomic E-state index is 12.7. The van der Waals surface area contributed by atoms with E-state index in [1.54, 1.807) is 6.07 Å². The maximum Gasteiger partial charge on any atom is 0.267 e. The minimum Gasteiger partial charge on any atom is -0.395 e. The number of halogens is 1. The van der Waals surface area contributed by atoms with Crippen LogP contribution in [0.15, 0.2) is 30.5 Å². The molecule has 1 spiro atoms. The van der Waals surface area contributed by atoms with Crippen molar-refractivity contribution in [1.82, 2.24) is 19.9 Å². The minimum absolute atomic E-state index is 0.208. The number of hydrogen-bond acceptors (Lipinski definition) is 9. The largest absolute Gasteiger partial charge is 0.395 e. The second kappa shape index (κ2) is 9.10. The molecule has 1 amide bonds. The fourth-order valence-corrected chi connectivity index (χ4v) is 5.60. The van der Waals surface area contributed by atoms with Gasteiger partial charge in [0.15, 0.2) is 5.13 Å². The van der Waals surface area contributed by atoms with Crippen molar-refractivity contribution in [2.45, 2.75) is 13.8 Å². The van der Waals surface area contributed by atoms with Crippen LogP contribution >= 0.6 is 22.9 Å². The monoisotopic (exact) mass is 499 g/mol. The van der Waals surface area contributed by atoms with Gasteiger partial charge in [-0.1, -0.05) is 35.1 Å². The third-order valence-electron chi connectivity index (χ3n) is 6.16. The van der Waals surface area contributed by atoms with Crippen molar-refractivity contribution in [2.75, 3.05) is 54.9 Å². The number of thiazole rings is 1. The second-order valence-electron chi connectivity index (χ2n) is 8.99. The van der Waals surface area contributed by atoms with Gasteiger partial charge in [-0.05, 0) is 25.5 Å². The number of anilines is 4. The van der Waals surface area contributed by atoms with E-state index in [9.17, 15) is 4.79 Å². The Bertz CT molecular complexity index is 1200. The Kier molecular flexibility index (Phi) is 6.15. The molecule has 2 aliphatic heterocycles. The number of aromatic nitrogens is 3. The number of benzene rings is 1. The number of aliphatic hydroxyl groups excluding tert-OH is 1. The second-order valence-corrected chi connectivity index (χ2v) is 10.4. The molecule has 0 unspecified atom stereocenters. The zero-order valence-corrected chi connectivity index (χ0v) is 20.6. The maximum absolute atomic E-state index is 12.7. The summed E-state index contributed by atoms with van der Waals surface area (Å²) in [6, 6.07) is 7.40. The van der Waals surface area contributed by atoms with Gasteiger partial charge >= 0.3 is 0 Å². The van der Waals surface area contributed by atoms with Crippen molar-refractivity contribution in [3.8, 4) is 0 Å². The molecule has 1 aromatic carbocycles. The lowest BCUT2D eigenvalue weighted by atomic mass is 9.73. The predicted molar refractivity (Wildman–Crippen MR) is 134 cm³/mol. The number of carbonyl (C=O) groups is 1. The van der Waals surface area contributed by atoms with Crippen LogP contribution in [0.4, 0.5) is 22.5 Å². The van der Waals surface area contributed by atoms with Gasteiger partial charge in [0.1, 0.15) is 22.3 Å². The smallest absolute Gasteiger partial charge is 0.267 e. The number of amides is 1. The van der Waals surface area contributed by atoms with Gasteiger partial charge < -0.3 is 20.6 Å². The van der Waals surface area contributed by atoms with Gasteiger partial charge in [0.2, 0.25) is 0 Å². The third-order valence-corrected chi connectivity index (χ3v) is 7.39. The topological polar surface area (TPSA) is 107 Å². The summed E-state index contributed by atoms with van der Waals surface area (Å²) < 4.78 is 0. The Morgan fingerprint density at radius 1 is 1.24 bits per heavy atom. The molecular formula is C23H26ClN7O2S. The van der Waals surface area contributed by atoms with Crippen LogP contribution in [0.3, 0.4) is 0 Å². The quantitative estimate of drug-likeness (QED) is 0.454. The van der Waals surface area contributed by atoms with E-state index in [2.05, 4.69) is 35.4 Å². The molecule has 2 aromatic heterocycles. The Morgan fingerprint density at radius 2 is 2.03 bits per heavy atom. The number of carbonyl (C=O) groups excluding carboxylic acids is 1. The summed E-state index contributed by atoms with van der Waals surface area (Å²) in [7, 11) is 0. The van der Waals surface area contributed by atoms with Gasteiger partial charge in [-0.3, -0.25) is 9.69 Å². The average molecular weight is 500 g/mol. The van der Waals surface area contributed by atoms with Crippen LogP contribution < -0.4 is 15.5 Å². The Labute approximate surface area is 206 Å². The van der Waals surface area contributed by atoms with Gasteiger partial charge in [-0.15, -0.1) is 0 Å². The molecule has 0 bridgehead atoms. The van der Waals surface area contributed by atoms with Gasteiger partial charge in [0.25, 0.3) is 5.91 Å². The molecule has 3 N–H and O–H groups in total. The van der Waals surface area contributed by atoms with Crippen molar-refractivity contribution in [2.24, 2.45) is 5.41 Å². The van der Waals surface area contributed by atoms with Crippen molar-refractivity contribution in [3.05, 3.63) is 51.7 Å². The molecule has 2 aliphatic rings. The SMILES string of the molecule is Cc1nc(Nc2ncc(C(=O)Nc3c(C)cccc3Cl)s2)cc(N2CC3(CN(CCO)C3)C2)n1. The van der Waals surface area contributed by atoms with Crippen LogP contribution in [0.25, 0.3) is 0 Å². The molecular weight excluding hydrogens is 474 g/mol. The van der Waals surface area contributed by atoms with Crippen molar-refractivity contribution >= 4 is 51.3 Å². The summed E-state index contributed by atoms with van der Waals surface area (Å²) in [6.45, 7) is 8.67. The molecule has 3 aromatic rings. The van der Waals surface area contributed by atoms with E-state index >= 15 is 0 Å². The summed E-state index contributed by atoms with van der Waals surface area (Å²) in [6.07, 6.45) is 1.54. The normalized spacial score (nSPS) is 16.8. The predicted octanol–water partition coefficient (Wildman–Crippen LogP) is 3.31. The highest BCUT2D eigenvalue weighted by atomic mass is 35.5. The van der Waals surface area contributed by atoms with Crippen LogP contribution in [-0.4, -0.2) is 70.2 Å². The molecule has 0 saturated carbocycles. The summed E-state index contributed by atoms with van der Waals surface area (Å²) in [5.74, 6) is 1.93. The molecule has 0 aliphatic carbocycles. The number of nitrogens with one attached hydrogen (secondary N) is 2. The van der Waals surface area contributed by atoms with Crippen LogP contribution in [0, 0.1) is 19.3 Å². The van der Waals surface area contributed by atoms with Gasteiger partial charge in [-0.25, -0.2) is 15.0 Å². The Morgan fingerprint density at radius 3 is 2.76 bits per heavy atom. The lowest BCUT2D eigenvalue weighted by Gasteiger charge is -2.60. The van der Waals surface area contributed by atoms with E-state index in [1.807, 2.05) is 32.0 Å². The molecule has 0 radical (unpaired) electrons. The summed E-state index contributed by atoms with van der Waals surface area (Å²) in [5.41, 5.74) is 1.81. The molecule has 2 fully saturated rings. The lowest BCUT2D eigenvalue weighted by Crippen LogP contribution is -2.72. The van der Waals surface area contributed by atoms with Crippen molar-refractivity contribution < 1.29 is 9.90 Å². The number of hydrogen-bond donors (Lipinski definition) is 3. The first kappa shape index (κ1) is 23.0. The van der Waals surface area contributed by atoms with Crippen molar-refractivity contribution in [3.63, 3.8) is 0 Å². The van der Waals surface area contributed by atoms with Crippen LogP contribution in [0.1, 0.15) is 21.1 Å². The molecule has 178 valence electrons. The lowest BCUT2D eigenvalue weighted by molar-refractivity contribution is -0.0295. The van der Waals surface area contributed by atoms with Crippen LogP contribution in [-0.2, 0) is 0 Å². The first-order valence-electron chi connectivity index (χ1n) is 11.1. The fourth-order valence-electron chi connectivity index (χ4n) is 4.62. The van der Waals surface area contributed by atoms with E-state index in [4.69, 9.17) is 16.7 Å². The number of likely N-dealkylation sites (tertiary alicyclic amines) is 1. The molecule has 9 nitrogen and oxygen atoms in total. The highest BCUT2D eigenvalue weighted by molar-refractivity contribution is 7.17. The van der Waals surface area contributed by atoms with Gasteiger partial charge in [0, 0.05) is 44.2 Å². The average Bonchev–Trinajstić information content (AvgIpc) is 3.19. The first-order valence-corrected chi connectivity index (χ1v) is 12.3. The van der Waals surface area contributed by atoms with E-state index in [-0.39, 0.29) is 12.5 Å². The number of rotatable bonds is 7. The van der Waals surface area contributed by atoms with E-state index in [1.165, 1.54) is 17.5 Å². The zero-order chi connectivity index (χ0) is 23.9. The zero-order valence-electron chi connectivity index (χ0n) is 19.0. The van der Waals surface area contributed by atoms with Gasteiger partial charge in [-0.2, -0.15) is 0 Å². The van der Waals surface area contributed by atoms with Crippen molar-refractivity contribution in [1.29, 1.82) is 0 Å². The first-order chi connectivity index (χ1) is 16.3. The molecule has 34 heavy (non-hydrogen) atoms. The molecule has 0 atom stereocenters. The minimum atomic E-state index is -0.261.